The molecule has 0 aliphatic carbocycles. The highest BCUT2D eigenvalue weighted by Crippen LogP contribution is 2.34. The van der Waals surface area contributed by atoms with Crippen LogP contribution in [0.5, 0.6) is 23.0 Å². The number of benzene rings is 3. The van der Waals surface area contributed by atoms with Crippen LogP contribution in [0.4, 0.5) is 0 Å². The standard InChI is InChI=1S/C27H28ClIN2O5/c1-4-11-35-23-10-9-20(15-24(23)34-5-2)27(32)31-30-16-19-13-22(29)26(25(14-19)33-3)36-17-18-7-6-8-21(28)12-18/h6-10,12-16H,4-5,11,17H2,1-3H3,(H,31,32)/b30-16+. The molecule has 1 N–H and O–H groups in total. The number of methoxy groups -OCH3 is 1. The first kappa shape index (κ1) is 27.6. The summed E-state index contributed by atoms with van der Waals surface area (Å²) in [6, 6.07) is 16.2. The normalized spacial score (nSPS) is 10.8. The van der Waals surface area contributed by atoms with Crippen LogP contribution in [-0.2, 0) is 6.61 Å². The van der Waals surface area contributed by atoms with E-state index in [1.807, 2.05) is 44.2 Å². The predicted octanol–water partition coefficient (Wildman–Crippen LogP) is 6.48. The number of hydrazone groups is 1. The van der Waals surface area contributed by atoms with E-state index in [9.17, 15) is 4.79 Å². The third-order valence-electron chi connectivity index (χ3n) is 4.87. The van der Waals surface area contributed by atoms with Crippen LogP contribution in [0.3, 0.4) is 0 Å². The van der Waals surface area contributed by atoms with E-state index in [1.165, 1.54) is 0 Å². The van der Waals surface area contributed by atoms with Crippen molar-refractivity contribution in [2.45, 2.75) is 26.9 Å². The molecule has 3 rings (SSSR count). The summed E-state index contributed by atoms with van der Waals surface area (Å²) < 4.78 is 23.7. The molecule has 0 heterocycles. The van der Waals surface area contributed by atoms with Crippen molar-refractivity contribution in [1.29, 1.82) is 0 Å². The van der Waals surface area contributed by atoms with E-state index in [0.29, 0.717) is 53.4 Å². The molecule has 9 heteroatoms. The minimum atomic E-state index is -0.364. The number of carbonyl (C=O) groups excluding carboxylic acids is 1. The highest BCUT2D eigenvalue weighted by atomic mass is 127. The van der Waals surface area contributed by atoms with Crippen LogP contribution in [0.1, 0.15) is 41.8 Å². The fourth-order valence-electron chi connectivity index (χ4n) is 3.22. The van der Waals surface area contributed by atoms with Crippen LogP contribution in [0.15, 0.2) is 59.7 Å². The van der Waals surface area contributed by atoms with Crippen LogP contribution in [0.25, 0.3) is 0 Å². The molecule has 3 aromatic carbocycles. The number of nitrogens with one attached hydrogen (secondary N) is 1. The van der Waals surface area contributed by atoms with Crippen LogP contribution in [-0.4, -0.2) is 32.4 Å². The molecule has 36 heavy (non-hydrogen) atoms. The zero-order chi connectivity index (χ0) is 25.9. The maximum absolute atomic E-state index is 12.6. The van der Waals surface area contributed by atoms with Gasteiger partial charge in [0.15, 0.2) is 23.0 Å². The zero-order valence-corrected chi connectivity index (χ0v) is 23.3. The Balaban J connectivity index is 1.68. The van der Waals surface area contributed by atoms with Crippen molar-refractivity contribution in [2.24, 2.45) is 5.10 Å². The van der Waals surface area contributed by atoms with E-state index in [4.69, 9.17) is 30.5 Å². The third-order valence-corrected chi connectivity index (χ3v) is 5.91. The van der Waals surface area contributed by atoms with E-state index in [-0.39, 0.29) is 5.91 Å². The monoisotopic (exact) mass is 622 g/mol. The second-order valence-corrected chi connectivity index (χ2v) is 9.19. The lowest BCUT2D eigenvalue weighted by atomic mass is 10.2. The van der Waals surface area contributed by atoms with Crippen molar-refractivity contribution < 1.29 is 23.7 Å². The summed E-state index contributed by atoms with van der Waals surface area (Å²) in [5, 5.41) is 4.76. The molecular weight excluding hydrogens is 595 g/mol. The van der Waals surface area contributed by atoms with Crippen LogP contribution >= 0.6 is 34.2 Å². The van der Waals surface area contributed by atoms with E-state index >= 15 is 0 Å². The lowest BCUT2D eigenvalue weighted by Gasteiger charge is -2.14. The molecule has 0 saturated carbocycles. The molecular formula is C27H28ClIN2O5. The van der Waals surface area contributed by atoms with Gasteiger partial charge in [-0.25, -0.2) is 5.43 Å². The lowest BCUT2D eigenvalue weighted by molar-refractivity contribution is 0.0954. The molecule has 0 radical (unpaired) electrons. The van der Waals surface area contributed by atoms with Gasteiger partial charge in [-0.3, -0.25) is 4.79 Å². The van der Waals surface area contributed by atoms with Gasteiger partial charge in [0.2, 0.25) is 0 Å². The van der Waals surface area contributed by atoms with Crippen LogP contribution in [0.2, 0.25) is 5.02 Å². The highest BCUT2D eigenvalue weighted by Gasteiger charge is 2.13. The van der Waals surface area contributed by atoms with Crippen molar-refractivity contribution in [3.05, 3.63) is 79.9 Å². The topological polar surface area (TPSA) is 78.4 Å². The Kier molecular flexibility index (Phi) is 10.7. The summed E-state index contributed by atoms with van der Waals surface area (Å²) in [6.07, 6.45) is 2.42. The molecule has 0 aromatic heterocycles. The summed E-state index contributed by atoms with van der Waals surface area (Å²) in [6.45, 7) is 5.29. The number of carbonyl (C=O) groups is 1. The van der Waals surface area contributed by atoms with E-state index in [2.05, 4.69) is 33.1 Å². The second-order valence-electron chi connectivity index (χ2n) is 7.59. The molecule has 0 spiro atoms. The molecule has 0 bridgehead atoms. The summed E-state index contributed by atoms with van der Waals surface area (Å²) in [7, 11) is 1.57. The van der Waals surface area contributed by atoms with Gasteiger partial charge < -0.3 is 18.9 Å². The van der Waals surface area contributed by atoms with Gasteiger partial charge in [0.05, 0.1) is 30.1 Å². The largest absolute Gasteiger partial charge is 0.493 e. The van der Waals surface area contributed by atoms with E-state index in [1.54, 1.807) is 37.6 Å². The maximum atomic E-state index is 12.6. The summed E-state index contributed by atoms with van der Waals surface area (Å²) in [5.74, 6) is 1.94. The molecule has 0 aliphatic heterocycles. The van der Waals surface area contributed by atoms with Gasteiger partial charge in [-0.2, -0.15) is 5.10 Å². The van der Waals surface area contributed by atoms with Crippen molar-refractivity contribution in [3.63, 3.8) is 0 Å². The lowest BCUT2D eigenvalue weighted by Crippen LogP contribution is -2.17. The first-order chi connectivity index (χ1) is 17.4. The maximum Gasteiger partial charge on any atom is 0.271 e. The third kappa shape index (κ3) is 7.76. The average molecular weight is 623 g/mol. The van der Waals surface area contributed by atoms with Gasteiger partial charge in [-0.1, -0.05) is 30.7 Å². The molecule has 190 valence electrons. The minimum Gasteiger partial charge on any atom is -0.493 e. The number of rotatable bonds is 12. The van der Waals surface area contributed by atoms with E-state index < -0.39 is 0 Å². The fourth-order valence-corrected chi connectivity index (χ4v) is 4.21. The minimum absolute atomic E-state index is 0.350. The zero-order valence-electron chi connectivity index (χ0n) is 20.3. The van der Waals surface area contributed by atoms with Gasteiger partial charge in [-0.05, 0) is 89.5 Å². The second kappa shape index (κ2) is 13.9. The Labute approximate surface area is 229 Å². The molecule has 7 nitrogen and oxygen atoms in total. The number of hydrogen-bond donors (Lipinski definition) is 1. The van der Waals surface area contributed by atoms with Gasteiger partial charge >= 0.3 is 0 Å². The highest BCUT2D eigenvalue weighted by molar-refractivity contribution is 14.1. The van der Waals surface area contributed by atoms with Gasteiger partial charge in [0.25, 0.3) is 5.91 Å². The Morgan fingerprint density at radius 2 is 1.86 bits per heavy atom. The summed E-state index contributed by atoms with van der Waals surface area (Å²) >= 11 is 8.23. The van der Waals surface area contributed by atoms with Gasteiger partial charge in [0, 0.05) is 10.6 Å². The van der Waals surface area contributed by atoms with Crippen LogP contribution < -0.4 is 24.4 Å². The molecule has 1 amide bonds. The number of halogens is 2. The SMILES string of the molecule is CCCOc1ccc(C(=O)N/N=C/c2cc(I)c(OCc3cccc(Cl)c3)c(OC)c2)cc1OCC. The van der Waals surface area contributed by atoms with Gasteiger partial charge in [-0.15, -0.1) is 0 Å². The molecule has 0 atom stereocenters. The van der Waals surface area contributed by atoms with Gasteiger partial charge in [0.1, 0.15) is 6.61 Å². The first-order valence-electron chi connectivity index (χ1n) is 11.4. The number of hydrogen-bond acceptors (Lipinski definition) is 6. The van der Waals surface area contributed by atoms with Crippen molar-refractivity contribution in [2.75, 3.05) is 20.3 Å². The fraction of sp³-hybridized carbons (Fsp3) is 0.259. The number of nitrogens with zero attached hydrogens (tertiary/aromatic N) is 1. The van der Waals surface area contributed by atoms with Crippen molar-refractivity contribution in [1.82, 2.24) is 5.43 Å². The first-order valence-corrected chi connectivity index (χ1v) is 12.9. The summed E-state index contributed by atoms with van der Waals surface area (Å²) in [5.41, 5.74) is 4.65. The molecule has 0 saturated heterocycles. The quantitative estimate of drug-likeness (QED) is 0.142. The molecule has 0 unspecified atom stereocenters. The summed E-state index contributed by atoms with van der Waals surface area (Å²) in [4.78, 5) is 12.6. The Hall–Kier alpha value is -2.98. The van der Waals surface area contributed by atoms with E-state index in [0.717, 1.165) is 21.1 Å². The molecule has 3 aromatic rings. The van der Waals surface area contributed by atoms with Crippen molar-refractivity contribution in [3.8, 4) is 23.0 Å². The van der Waals surface area contributed by atoms with Crippen LogP contribution in [0, 0.1) is 3.57 Å². The average Bonchev–Trinajstić information content (AvgIpc) is 2.87. The Morgan fingerprint density at radius 1 is 1.03 bits per heavy atom. The Bertz CT molecular complexity index is 1220. The molecule has 0 fully saturated rings. The predicted molar refractivity (Wildman–Crippen MR) is 150 cm³/mol. The number of ether oxygens (including phenoxy) is 4. The number of amides is 1. The Morgan fingerprint density at radius 3 is 2.58 bits per heavy atom. The smallest absolute Gasteiger partial charge is 0.271 e. The molecule has 0 aliphatic rings. The van der Waals surface area contributed by atoms with Crippen molar-refractivity contribution >= 4 is 46.3 Å².